The van der Waals surface area contributed by atoms with E-state index in [2.05, 4.69) is 36.7 Å². The van der Waals surface area contributed by atoms with Gasteiger partial charge in [0.25, 0.3) is 0 Å². The largest absolute Gasteiger partial charge is 0.111 e. The van der Waals surface area contributed by atoms with Crippen LogP contribution in [0.3, 0.4) is 0 Å². The first-order valence-electron chi connectivity index (χ1n) is 4.47. The summed E-state index contributed by atoms with van der Waals surface area (Å²) in [4.78, 5) is 0.260. The van der Waals surface area contributed by atoms with E-state index in [9.17, 15) is 0 Å². The van der Waals surface area contributed by atoms with Crippen molar-refractivity contribution < 1.29 is 0 Å². The van der Waals surface area contributed by atoms with Crippen LogP contribution in [0.2, 0.25) is 8.67 Å². The summed E-state index contributed by atoms with van der Waals surface area (Å²) in [6.45, 7) is 6.61. The van der Waals surface area contributed by atoms with Crippen molar-refractivity contribution in [1.29, 1.82) is 0 Å². The number of hydrogen-bond acceptors (Lipinski definition) is 1. The Bertz CT molecular complexity index is 320. The van der Waals surface area contributed by atoms with Crippen molar-refractivity contribution in [2.75, 3.05) is 0 Å². The van der Waals surface area contributed by atoms with Gasteiger partial charge >= 0.3 is 0 Å². The molecule has 0 aliphatic carbocycles. The van der Waals surface area contributed by atoms with Crippen LogP contribution in [0, 0.1) is 5.41 Å². The maximum atomic E-state index is 6.11. The predicted octanol–water partition coefficient (Wildman–Crippen LogP) is 5.93. The molecule has 0 aliphatic heterocycles. The van der Waals surface area contributed by atoms with Crippen LogP contribution in [0.15, 0.2) is 6.07 Å². The van der Waals surface area contributed by atoms with E-state index in [1.54, 1.807) is 0 Å². The monoisotopic (exact) mass is 314 g/mol. The third-order valence-electron chi connectivity index (χ3n) is 2.55. The molecule has 0 radical (unpaired) electrons. The molecule has 0 saturated carbocycles. The first-order chi connectivity index (χ1) is 6.38. The number of halogens is 3. The van der Waals surface area contributed by atoms with Crippen LogP contribution in [0.25, 0.3) is 0 Å². The lowest BCUT2D eigenvalue weighted by molar-refractivity contribution is 0.346. The maximum absolute atomic E-state index is 6.11. The van der Waals surface area contributed by atoms with Crippen molar-refractivity contribution in [3.63, 3.8) is 0 Å². The van der Waals surface area contributed by atoms with Crippen molar-refractivity contribution in [2.45, 2.75) is 32.0 Å². The van der Waals surface area contributed by atoms with Crippen LogP contribution in [0.4, 0.5) is 0 Å². The number of thiophene rings is 1. The Kier molecular flexibility index (Phi) is 4.34. The molecule has 1 heterocycles. The van der Waals surface area contributed by atoms with E-state index >= 15 is 0 Å². The van der Waals surface area contributed by atoms with Crippen molar-refractivity contribution in [3.05, 3.63) is 20.3 Å². The van der Waals surface area contributed by atoms with E-state index in [1.165, 1.54) is 11.3 Å². The van der Waals surface area contributed by atoms with Gasteiger partial charge in [-0.05, 0) is 23.5 Å². The number of alkyl halides is 1. The zero-order valence-corrected chi connectivity index (χ0v) is 12.3. The summed E-state index contributed by atoms with van der Waals surface area (Å²) in [5.74, 6) is 0. The quantitative estimate of drug-likeness (QED) is 0.607. The second kappa shape index (κ2) is 4.73. The summed E-state index contributed by atoms with van der Waals surface area (Å²) in [7, 11) is 0. The topological polar surface area (TPSA) is 0 Å². The first-order valence-corrected chi connectivity index (χ1v) is 6.96. The second-order valence-electron chi connectivity index (χ2n) is 3.98. The molecule has 1 rings (SSSR count). The summed E-state index contributed by atoms with van der Waals surface area (Å²) in [6, 6.07) is 1.95. The number of rotatable bonds is 3. The molecule has 0 saturated heterocycles. The molecule has 80 valence electrons. The van der Waals surface area contributed by atoms with Gasteiger partial charge in [-0.25, -0.2) is 0 Å². The van der Waals surface area contributed by atoms with Crippen molar-refractivity contribution in [2.24, 2.45) is 5.41 Å². The third-order valence-corrected chi connectivity index (χ3v) is 5.80. The summed E-state index contributed by atoms with van der Waals surface area (Å²) < 4.78 is 1.54. The van der Waals surface area contributed by atoms with E-state index in [0.29, 0.717) is 0 Å². The van der Waals surface area contributed by atoms with Crippen molar-refractivity contribution in [3.8, 4) is 0 Å². The van der Waals surface area contributed by atoms with E-state index in [4.69, 9.17) is 23.2 Å². The fourth-order valence-corrected chi connectivity index (χ4v) is 3.63. The van der Waals surface area contributed by atoms with E-state index < -0.39 is 0 Å². The highest BCUT2D eigenvalue weighted by molar-refractivity contribution is 9.09. The van der Waals surface area contributed by atoms with E-state index in [1.807, 2.05) is 6.07 Å². The maximum Gasteiger partial charge on any atom is 0.0987 e. The average molecular weight is 316 g/mol. The lowest BCUT2D eigenvalue weighted by Gasteiger charge is -2.28. The van der Waals surface area contributed by atoms with E-state index in [-0.39, 0.29) is 10.2 Å². The summed E-state index contributed by atoms with van der Waals surface area (Å²) in [6.07, 6.45) is 1.09. The molecule has 0 amide bonds. The highest BCUT2D eigenvalue weighted by atomic mass is 79.9. The molecular weight excluding hydrogens is 303 g/mol. The highest BCUT2D eigenvalue weighted by Gasteiger charge is 2.29. The SMILES string of the molecule is CCC(C)(C)C(Br)c1cc(Cl)sc1Cl. The minimum Gasteiger partial charge on any atom is -0.111 e. The molecule has 0 aromatic carbocycles. The normalized spacial score (nSPS) is 14.4. The Balaban J connectivity index is 3.00. The summed E-state index contributed by atoms with van der Waals surface area (Å²) in [5.41, 5.74) is 1.29. The standard InChI is InChI=1S/C10H13BrCl2S/c1-4-10(2,3)8(11)6-5-7(12)14-9(6)13/h5,8H,4H2,1-3H3. The van der Waals surface area contributed by atoms with Gasteiger partial charge in [0, 0.05) is 4.83 Å². The first kappa shape index (κ1) is 12.8. The van der Waals surface area contributed by atoms with Gasteiger partial charge in [0.15, 0.2) is 0 Å². The van der Waals surface area contributed by atoms with Crippen molar-refractivity contribution >= 4 is 50.5 Å². The van der Waals surface area contributed by atoms with Gasteiger partial charge in [-0.3, -0.25) is 0 Å². The Labute approximate surface area is 108 Å². The minimum absolute atomic E-state index is 0.189. The molecule has 4 heteroatoms. The lowest BCUT2D eigenvalue weighted by atomic mass is 9.84. The van der Waals surface area contributed by atoms with Gasteiger partial charge in [-0.2, -0.15) is 0 Å². The van der Waals surface area contributed by atoms with Gasteiger partial charge in [0.1, 0.15) is 0 Å². The van der Waals surface area contributed by atoms with Crippen LogP contribution in [0.1, 0.15) is 37.6 Å². The minimum atomic E-state index is 0.189. The molecule has 0 bridgehead atoms. The van der Waals surface area contributed by atoms with Gasteiger partial charge in [-0.1, -0.05) is 59.9 Å². The highest BCUT2D eigenvalue weighted by Crippen LogP contribution is 2.48. The van der Waals surface area contributed by atoms with Gasteiger partial charge in [0.05, 0.1) is 8.67 Å². The molecule has 1 unspecified atom stereocenters. The zero-order chi connectivity index (χ0) is 10.9. The fraction of sp³-hybridized carbons (Fsp3) is 0.600. The molecule has 1 atom stereocenters. The molecule has 0 N–H and O–H groups in total. The van der Waals surface area contributed by atoms with Crippen LogP contribution in [-0.4, -0.2) is 0 Å². The van der Waals surface area contributed by atoms with E-state index in [0.717, 1.165) is 20.7 Å². The lowest BCUT2D eigenvalue weighted by Crippen LogP contribution is -2.16. The molecule has 1 aromatic rings. The van der Waals surface area contributed by atoms with Gasteiger partial charge in [-0.15, -0.1) is 11.3 Å². The molecular formula is C10H13BrCl2S. The number of hydrogen-bond donors (Lipinski definition) is 0. The Morgan fingerprint density at radius 3 is 2.43 bits per heavy atom. The molecule has 0 aliphatic rings. The Morgan fingerprint density at radius 1 is 1.50 bits per heavy atom. The van der Waals surface area contributed by atoms with Gasteiger partial charge in [0.2, 0.25) is 0 Å². The fourth-order valence-electron chi connectivity index (χ4n) is 1.13. The molecule has 0 fully saturated rings. The second-order valence-corrected chi connectivity index (χ2v) is 7.19. The molecule has 0 nitrogen and oxygen atoms in total. The summed E-state index contributed by atoms with van der Waals surface area (Å²) >= 11 is 17.1. The average Bonchev–Trinajstić information content (AvgIpc) is 2.44. The van der Waals surface area contributed by atoms with Crippen LogP contribution in [-0.2, 0) is 0 Å². The molecule has 14 heavy (non-hydrogen) atoms. The molecule has 1 aromatic heterocycles. The van der Waals surface area contributed by atoms with Crippen LogP contribution >= 0.6 is 50.5 Å². The molecule has 0 spiro atoms. The zero-order valence-electron chi connectivity index (χ0n) is 8.40. The summed E-state index contributed by atoms with van der Waals surface area (Å²) in [5, 5.41) is 0. The van der Waals surface area contributed by atoms with Gasteiger partial charge < -0.3 is 0 Å². The van der Waals surface area contributed by atoms with Crippen molar-refractivity contribution in [1.82, 2.24) is 0 Å². The van der Waals surface area contributed by atoms with Crippen LogP contribution in [0.5, 0.6) is 0 Å². The Hall–Kier alpha value is 0.760. The third kappa shape index (κ3) is 2.66. The smallest absolute Gasteiger partial charge is 0.0987 e. The predicted molar refractivity (Wildman–Crippen MR) is 70.1 cm³/mol. The van der Waals surface area contributed by atoms with Crippen LogP contribution < -0.4 is 0 Å². The Morgan fingerprint density at radius 2 is 2.07 bits per heavy atom.